The predicted molar refractivity (Wildman–Crippen MR) is 120 cm³/mol. The topological polar surface area (TPSA) is 30.5 Å². The number of nitrogens with one attached hydrogen (secondary N) is 1. The fourth-order valence-corrected chi connectivity index (χ4v) is 3.65. The number of hydrogen-bond acceptors (Lipinski definition) is 3. The van der Waals surface area contributed by atoms with Crippen molar-refractivity contribution in [2.24, 2.45) is 0 Å². The van der Waals surface area contributed by atoms with E-state index < -0.39 is 0 Å². The molecule has 3 aromatic carbocycles. The summed E-state index contributed by atoms with van der Waals surface area (Å²) in [5, 5.41) is 3.50. The molecule has 140 valence electrons. The van der Waals surface area contributed by atoms with E-state index in [1.54, 1.807) is 0 Å². The minimum Gasteiger partial charge on any atom is -0.490 e. The second kappa shape index (κ2) is 9.65. The number of halogens is 1. The molecule has 3 aromatic rings. The van der Waals surface area contributed by atoms with Crippen molar-refractivity contribution in [2.75, 3.05) is 11.9 Å². The molecule has 0 aliphatic carbocycles. The van der Waals surface area contributed by atoms with E-state index in [0.29, 0.717) is 13.2 Å². The van der Waals surface area contributed by atoms with Crippen LogP contribution in [0.3, 0.4) is 0 Å². The van der Waals surface area contributed by atoms with E-state index in [1.165, 1.54) is 5.56 Å². The Morgan fingerprint density at radius 1 is 0.889 bits per heavy atom. The molecule has 0 amide bonds. The Kier molecular flexibility index (Phi) is 6.98. The Morgan fingerprint density at radius 3 is 2.37 bits per heavy atom. The number of anilines is 1. The van der Waals surface area contributed by atoms with Crippen LogP contribution in [0, 0.1) is 10.5 Å². The molecule has 0 radical (unpaired) electrons. The third-order valence-electron chi connectivity index (χ3n) is 4.22. The quantitative estimate of drug-likeness (QED) is 0.396. The highest BCUT2D eigenvalue weighted by atomic mass is 127. The maximum atomic E-state index is 6.09. The summed E-state index contributed by atoms with van der Waals surface area (Å²) < 4.78 is 13.0. The van der Waals surface area contributed by atoms with Gasteiger partial charge in [0.2, 0.25) is 0 Å². The van der Waals surface area contributed by atoms with Gasteiger partial charge < -0.3 is 14.8 Å². The maximum Gasteiger partial charge on any atom is 0.174 e. The Hall–Kier alpha value is -2.21. The molecule has 0 aliphatic rings. The predicted octanol–water partition coefficient (Wildman–Crippen LogP) is 6.19. The molecule has 0 spiro atoms. The molecule has 0 aliphatic heterocycles. The van der Waals surface area contributed by atoms with Crippen LogP contribution in [-0.2, 0) is 13.2 Å². The molecule has 0 bridgehead atoms. The van der Waals surface area contributed by atoms with Crippen molar-refractivity contribution in [3.8, 4) is 11.5 Å². The monoisotopic (exact) mass is 473 g/mol. The molecule has 27 heavy (non-hydrogen) atoms. The number of hydrogen-bond donors (Lipinski definition) is 1. The summed E-state index contributed by atoms with van der Waals surface area (Å²) in [5.74, 6) is 1.60. The lowest BCUT2D eigenvalue weighted by molar-refractivity contribution is 0.267. The van der Waals surface area contributed by atoms with Gasteiger partial charge in [0, 0.05) is 12.2 Å². The second-order valence-corrected chi connectivity index (χ2v) is 7.44. The van der Waals surface area contributed by atoms with Crippen molar-refractivity contribution in [1.29, 1.82) is 0 Å². The first-order valence-electron chi connectivity index (χ1n) is 9.09. The Balaban J connectivity index is 1.76. The van der Waals surface area contributed by atoms with Crippen LogP contribution in [-0.4, -0.2) is 6.61 Å². The molecule has 0 heterocycles. The first-order valence-corrected chi connectivity index (χ1v) is 10.2. The van der Waals surface area contributed by atoms with Gasteiger partial charge >= 0.3 is 0 Å². The van der Waals surface area contributed by atoms with Crippen molar-refractivity contribution in [1.82, 2.24) is 0 Å². The van der Waals surface area contributed by atoms with Crippen molar-refractivity contribution in [2.45, 2.75) is 27.0 Å². The van der Waals surface area contributed by atoms with Gasteiger partial charge in [-0.1, -0.05) is 48.5 Å². The van der Waals surface area contributed by atoms with Gasteiger partial charge in [0.15, 0.2) is 11.5 Å². The van der Waals surface area contributed by atoms with Crippen molar-refractivity contribution in [3.05, 3.63) is 87.0 Å². The summed E-state index contributed by atoms with van der Waals surface area (Å²) >= 11 is 2.32. The van der Waals surface area contributed by atoms with E-state index in [0.717, 1.165) is 38.4 Å². The Labute approximate surface area is 174 Å². The van der Waals surface area contributed by atoms with E-state index in [-0.39, 0.29) is 0 Å². The van der Waals surface area contributed by atoms with Crippen LogP contribution in [0.25, 0.3) is 0 Å². The summed E-state index contributed by atoms with van der Waals surface area (Å²) in [7, 11) is 0. The molecule has 1 N–H and O–H groups in total. The minimum absolute atomic E-state index is 0.526. The van der Waals surface area contributed by atoms with E-state index in [2.05, 4.69) is 77.3 Å². The lowest BCUT2D eigenvalue weighted by Crippen LogP contribution is -2.05. The van der Waals surface area contributed by atoms with Gasteiger partial charge in [0.25, 0.3) is 0 Å². The average Bonchev–Trinajstić information content (AvgIpc) is 2.68. The highest BCUT2D eigenvalue weighted by Gasteiger charge is 2.13. The van der Waals surface area contributed by atoms with Crippen LogP contribution in [0.15, 0.2) is 66.7 Å². The van der Waals surface area contributed by atoms with E-state index in [1.807, 2.05) is 31.2 Å². The highest BCUT2D eigenvalue weighted by molar-refractivity contribution is 14.1. The number of aryl methyl sites for hydroxylation is 1. The van der Waals surface area contributed by atoms with Gasteiger partial charge in [-0.05, 0) is 71.3 Å². The van der Waals surface area contributed by atoms with Crippen LogP contribution in [0.5, 0.6) is 11.5 Å². The fraction of sp³-hybridized carbons (Fsp3) is 0.217. The molecule has 0 unspecified atom stereocenters. The smallest absolute Gasteiger partial charge is 0.174 e. The van der Waals surface area contributed by atoms with E-state index >= 15 is 0 Å². The lowest BCUT2D eigenvalue weighted by Gasteiger charge is -2.16. The van der Waals surface area contributed by atoms with Crippen molar-refractivity contribution < 1.29 is 9.47 Å². The SMILES string of the molecule is CCOc1cc(CNc2ccccc2C)cc(I)c1OCc1ccccc1. The Morgan fingerprint density at radius 2 is 1.63 bits per heavy atom. The first-order chi connectivity index (χ1) is 13.2. The molecule has 0 aromatic heterocycles. The van der Waals surface area contributed by atoms with Gasteiger partial charge in [0.05, 0.1) is 10.2 Å². The van der Waals surface area contributed by atoms with Gasteiger partial charge in [-0.25, -0.2) is 0 Å². The van der Waals surface area contributed by atoms with Gasteiger partial charge in [0.1, 0.15) is 6.61 Å². The third kappa shape index (κ3) is 5.39. The number of para-hydroxylation sites is 1. The fourth-order valence-electron chi connectivity index (χ4n) is 2.82. The average molecular weight is 473 g/mol. The summed E-state index contributed by atoms with van der Waals surface area (Å²) in [5.41, 5.74) is 4.69. The first kappa shape index (κ1) is 19.5. The molecule has 4 heteroatoms. The maximum absolute atomic E-state index is 6.09. The van der Waals surface area contributed by atoms with Gasteiger partial charge in [-0.3, -0.25) is 0 Å². The zero-order valence-corrected chi connectivity index (χ0v) is 17.8. The number of benzene rings is 3. The highest BCUT2D eigenvalue weighted by Crippen LogP contribution is 2.35. The largest absolute Gasteiger partial charge is 0.490 e. The molecular weight excluding hydrogens is 449 g/mol. The van der Waals surface area contributed by atoms with Crippen LogP contribution in [0.2, 0.25) is 0 Å². The molecule has 0 saturated carbocycles. The van der Waals surface area contributed by atoms with Crippen molar-refractivity contribution >= 4 is 28.3 Å². The van der Waals surface area contributed by atoms with Gasteiger partial charge in [-0.15, -0.1) is 0 Å². The molecular formula is C23H24INO2. The molecule has 3 nitrogen and oxygen atoms in total. The summed E-state index contributed by atoms with van der Waals surface area (Å²) in [6.45, 7) is 5.97. The summed E-state index contributed by atoms with van der Waals surface area (Å²) in [6, 6.07) is 22.7. The second-order valence-electron chi connectivity index (χ2n) is 6.28. The molecule has 0 saturated heterocycles. The van der Waals surface area contributed by atoms with Crippen LogP contribution in [0.1, 0.15) is 23.6 Å². The number of rotatable bonds is 8. The summed E-state index contributed by atoms with van der Waals surface area (Å²) in [6.07, 6.45) is 0. The zero-order chi connectivity index (χ0) is 19.1. The summed E-state index contributed by atoms with van der Waals surface area (Å²) in [4.78, 5) is 0. The zero-order valence-electron chi connectivity index (χ0n) is 15.7. The number of ether oxygens (including phenoxy) is 2. The van der Waals surface area contributed by atoms with Gasteiger partial charge in [-0.2, -0.15) is 0 Å². The van der Waals surface area contributed by atoms with Crippen LogP contribution >= 0.6 is 22.6 Å². The third-order valence-corrected chi connectivity index (χ3v) is 5.02. The van der Waals surface area contributed by atoms with E-state index in [9.17, 15) is 0 Å². The minimum atomic E-state index is 0.526. The Bertz CT molecular complexity index is 881. The molecule has 0 fully saturated rings. The lowest BCUT2D eigenvalue weighted by atomic mass is 10.1. The normalized spacial score (nSPS) is 10.5. The van der Waals surface area contributed by atoms with Crippen molar-refractivity contribution in [3.63, 3.8) is 0 Å². The standard InChI is InChI=1S/C23H24INO2/c1-3-26-22-14-19(15-25-21-12-8-7-9-17(21)2)13-20(24)23(22)27-16-18-10-5-4-6-11-18/h4-14,25H,3,15-16H2,1-2H3. The van der Waals surface area contributed by atoms with Crippen LogP contribution < -0.4 is 14.8 Å². The molecule has 3 rings (SSSR count). The van der Waals surface area contributed by atoms with E-state index in [4.69, 9.17) is 9.47 Å². The molecule has 0 atom stereocenters. The van der Waals surface area contributed by atoms with Crippen LogP contribution in [0.4, 0.5) is 5.69 Å².